The van der Waals surface area contributed by atoms with Gasteiger partial charge in [0.05, 0.1) is 4.90 Å². The number of benzene rings is 1. The fraction of sp³-hybridized carbons (Fsp3) is 0.591. The minimum atomic E-state index is -3.64. The molecule has 1 atom stereocenters. The van der Waals surface area contributed by atoms with Crippen LogP contribution in [-0.2, 0) is 19.6 Å². The lowest BCUT2D eigenvalue weighted by molar-refractivity contribution is -0.139. The van der Waals surface area contributed by atoms with E-state index in [-0.39, 0.29) is 55.4 Å². The minimum absolute atomic E-state index is 0.127. The molecule has 2 aliphatic heterocycles. The van der Waals surface area contributed by atoms with Crippen LogP contribution in [0.15, 0.2) is 29.2 Å². The molecule has 3 fully saturated rings. The van der Waals surface area contributed by atoms with Crippen LogP contribution in [0.1, 0.15) is 45.1 Å². The number of piperazine rings is 1. The van der Waals surface area contributed by atoms with Crippen LogP contribution in [0.4, 0.5) is 4.79 Å². The predicted octanol–water partition coefficient (Wildman–Crippen LogP) is 1.36. The molecule has 2 saturated heterocycles. The third-order valence-corrected chi connectivity index (χ3v) is 8.68. The maximum absolute atomic E-state index is 13.0. The molecule has 0 aromatic heterocycles. The maximum Gasteiger partial charge on any atom is 0.325 e. The van der Waals surface area contributed by atoms with Crippen LogP contribution in [0, 0.1) is 5.92 Å². The van der Waals surface area contributed by atoms with Gasteiger partial charge >= 0.3 is 6.03 Å². The standard InChI is InChI=1S/C22H30N4O5S/c1-15(2)16-4-8-18(9-5-16)32(30,31)25-12-10-24(11-13-25)19(27)14-26-20(28)22(3,17-6-7-17)23-21(26)29/h4-5,8-9,15,17H,6-7,10-14H2,1-3H3,(H,23,29). The third-order valence-electron chi connectivity index (χ3n) is 6.76. The third kappa shape index (κ3) is 4.01. The summed E-state index contributed by atoms with van der Waals surface area (Å²) in [6.45, 7) is 6.25. The predicted molar refractivity (Wildman–Crippen MR) is 117 cm³/mol. The number of rotatable bonds is 6. The van der Waals surface area contributed by atoms with Gasteiger partial charge in [-0.2, -0.15) is 4.31 Å². The molecule has 0 radical (unpaired) electrons. The number of nitrogens with one attached hydrogen (secondary N) is 1. The minimum Gasteiger partial charge on any atom is -0.338 e. The zero-order chi connectivity index (χ0) is 23.3. The highest BCUT2D eigenvalue weighted by atomic mass is 32.2. The van der Waals surface area contributed by atoms with Gasteiger partial charge in [-0.15, -0.1) is 0 Å². The fourth-order valence-electron chi connectivity index (χ4n) is 4.38. The van der Waals surface area contributed by atoms with Gasteiger partial charge in [0, 0.05) is 26.2 Å². The van der Waals surface area contributed by atoms with Crippen LogP contribution in [0.3, 0.4) is 0 Å². The average Bonchev–Trinajstić information content (AvgIpc) is 3.60. The lowest BCUT2D eigenvalue weighted by Gasteiger charge is -2.34. The first kappa shape index (κ1) is 22.7. The topological polar surface area (TPSA) is 107 Å². The molecule has 4 rings (SSSR count). The molecule has 1 N–H and O–H groups in total. The largest absolute Gasteiger partial charge is 0.338 e. The Bertz CT molecular complexity index is 1030. The van der Waals surface area contributed by atoms with Gasteiger partial charge in [0.15, 0.2) is 0 Å². The molecule has 0 bridgehead atoms. The second-order valence-corrected chi connectivity index (χ2v) is 11.2. The normalized spacial score (nSPS) is 24.9. The van der Waals surface area contributed by atoms with Gasteiger partial charge in [-0.3, -0.25) is 14.5 Å². The molecule has 2 heterocycles. The van der Waals surface area contributed by atoms with Crippen LogP contribution in [0.5, 0.6) is 0 Å². The Labute approximate surface area is 188 Å². The summed E-state index contributed by atoms with van der Waals surface area (Å²) >= 11 is 0. The van der Waals surface area contributed by atoms with Gasteiger partial charge in [0.25, 0.3) is 5.91 Å². The Morgan fingerprint density at radius 1 is 1.09 bits per heavy atom. The first-order chi connectivity index (χ1) is 15.0. The second-order valence-electron chi connectivity index (χ2n) is 9.31. The number of amides is 4. The summed E-state index contributed by atoms with van der Waals surface area (Å²) in [7, 11) is -3.64. The summed E-state index contributed by atoms with van der Waals surface area (Å²) in [5.74, 6) is -0.272. The highest BCUT2D eigenvalue weighted by Crippen LogP contribution is 2.42. The summed E-state index contributed by atoms with van der Waals surface area (Å²) in [5.41, 5.74) is 0.146. The van der Waals surface area contributed by atoms with Crippen molar-refractivity contribution < 1.29 is 22.8 Å². The molecule has 3 aliphatic rings. The van der Waals surface area contributed by atoms with Crippen LogP contribution in [0.25, 0.3) is 0 Å². The summed E-state index contributed by atoms with van der Waals surface area (Å²) in [6, 6.07) is 6.35. The molecule has 1 saturated carbocycles. The molecule has 32 heavy (non-hydrogen) atoms. The zero-order valence-corrected chi connectivity index (χ0v) is 19.5. The van der Waals surface area contributed by atoms with Crippen molar-refractivity contribution >= 4 is 27.9 Å². The van der Waals surface area contributed by atoms with Crippen LogP contribution in [0.2, 0.25) is 0 Å². The Hall–Kier alpha value is -2.46. The van der Waals surface area contributed by atoms with Gasteiger partial charge in [-0.05, 0) is 49.3 Å². The Morgan fingerprint density at radius 3 is 2.22 bits per heavy atom. The molecule has 0 spiro atoms. The molecule has 4 amide bonds. The van der Waals surface area contributed by atoms with E-state index in [1.165, 1.54) is 9.21 Å². The van der Waals surface area contributed by atoms with Crippen molar-refractivity contribution in [3.63, 3.8) is 0 Å². The maximum atomic E-state index is 13.0. The van der Waals surface area contributed by atoms with E-state index in [2.05, 4.69) is 5.32 Å². The van der Waals surface area contributed by atoms with Gasteiger partial charge in [0.1, 0.15) is 12.1 Å². The van der Waals surface area contributed by atoms with Crippen molar-refractivity contribution in [1.29, 1.82) is 0 Å². The van der Waals surface area contributed by atoms with Crippen LogP contribution >= 0.6 is 0 Å². The monoisotopic (exact) mass is 462 g/mol. The number of sulfonamides is 1. The number of carbonyl (C=O) groups is 3. The molecule has 1 unspecified atom stereocenters. The molecule has 1 aromatic rings. The number of urea groups is 1. The number of imide groups is 1. The second kappa shape index (κ2) is 8.15. The van der Waals surface area contributed by atoms with E-state index < -0.39 is 21.6 Å². The van der Waals surface area contributed by atoms with Crippen molar-refractivity contribution in [2.45, 2.75) is 50.0 Å². The molecule has 9 nitrogen and oxygen atoms in total. The van der Waals surface area contributed by atoms with Crippen LogP contribution < -0.4 is 5.32 Å². The van der Waals surface area contributed by atoms with Crippen LogP contribution in [-0.4, -0.2) is 78.6 Å². The lowest BCUT2D eigenvalue weighted by atomic mass is 9.96. The number of hydrogen-bond acceptors (Lipinski definition) is 5. The molecule has 174 valence electrons. The molecule has 1 aromatic carbocycles. The molecule has 1 aliphatic carbocycles. The van der Waals surface area contributed by atoms with E-state index in [0.717, 1.165) is 23.3 Å². The van der Waals surface area contributed by atoms with Crippen molar-refractivity contribution in [3.05, 3.63) is 29.8 Å². The Kier molecular flexibility index (Phi) is 5.79. The molecular weight excluding hydrogens is 432 g/mol. The molecule has 10 heteroatoms. The lowest BCUT2D eigenvalue weighted by Crippen LogP contribution is -2.53. The van der Waals surface area contributed by atoms with Gasteiger partial charge in [0.2, 0.25) is 15.9 Å². The van der Waals surface area contributed by atoms with Crippen molar-refractivity contribution in [2.24, 2.45) is 5.92 Å². The van der Waals surface area contributed by atoms with E-state index in [0.29, 0.717) is 5.92 Å². The van der Waals surface area contributed by atoms with E-state index in [1.807, 2.05) is 26.0 Å². The first-order valence-corrected chi connectivity index (χ1v) is 12.5. The Balaban J connectivity index is 1.35. The smallest absolute Gasteiger partial charge is 0.325 e. The van der Waals surface area contributed by atoms with Gasteiger partial charge in [-0.25, -0.2) is 13.2 Å². The summed E-state index contributed by atoms with van der Waals surface area (Å²) in [5, 5.41) is 2.74. The Morgan fingerprint density at radius 2 is 1.69 bits per heavy atom. The quantitative estimate of drug-likeness (QED) is 0.643. The highest BCUT2D eigenvalue weighted by Gasteiger charge is 2.56. The average molecular weight is 463 g/mol. The first-order valence-electron chi connectivity index (χ1n) is 11.1. The summed E-state index contributed by atoms with van der Waals surface area (Å²) in [6.07, 6.45) is 1.78. The zero-order valence-electron chi connectivity index (χ0n) is 18.7. The SMILES string of the molecule is CC(C)c1ccc(S(=O)(=O)N2CCN(C(=O)CN3C(=O)NC(C)(C4CC4)C3=O)CC2)cc1. The number of nitrogens with zero attached hydrogens (tertiary/aromatic N) is 3. The summed E-state index contributed by atoms with van der Waals surface area (Å²) < 4.78 is 27.3. The van der Waals surface area contributed by atoms with Gasteiger partial charge < -0.3 is 10.2 Å². The highest BCUT2D eigenvalue weighted by molar-refractivity contribution is 7.89. The van der Waals surface area contributed by atoms with Gasteiger partial charge in [-0.1, -0.05) is 26.0 Å². The summed E-state index contributed by atoms with van der Waals surface area (Å²) in [4.78, 5) is 40.5. The van der Waals surface area contributed by atoms with Crippen molar-refractivity contribution in [2.75, 3.05) is 32.7 Å². The van der Waals surface area contributed by atoms with E-state index in [9.17, 15) is 22.8 Å². The van der Waals surface area contributed by atoms with Crippen molar-refractivity contribution in [3.8, 4) is 0 Å². The van der Waals surface area contributed by atoms with E-state index >= 15 is 0 Å². The molecular formula is C22H30N4O5S. The fourth-order valence-corrected chi connectivity index (χ4v) is 5.81. The van der Waals surface area contributed by atoms with Crippen molar-refractivity contribution in [1.82, 2.24) is 19.4 Å². The van der Waals surface area contributed by atoms with E-state index in [4.69, 9.17) is 0 Å². The number of carbonyl (C=O) groups excluding carboxylic acids is 3. The number of hydrogen-bond donors (Lipinski definition) is 1. The van der Waals surface area contributed by atoms with E-state index in [1.54, 1.807) is 19.1 Å².